The number of benzene rings is 3. The maximum absolute atomic E-state index is 8.71. The van der Waals surface area contributed by atoms with E-state index in [4.69, 9.17) is 5.26 Å². The molecule has 0 atom stereocenters. The van der Waals surface area contributed by atoms with E-state index in [-0.39, 0.29) is 24.0 Å². The van der Waals surface area contributed by atoms with Crippen molar-refractivity contribution in [1.29, 1.82) is 5.26 Å². The molecule has 0 aliphatic heterocycles. The van der Waals surface area contributed by atoms with Crippen molar-refractivity contribution in [3.63, 3.8) is 0 Å². The van der Waals surface area contributed by atoms with E-state index in [1.54, 1.807) is 0 Å². The van der Waals surface area contributed by atoms with E-state index in [1.807, 2.05) is 0 Å². The van der Waals surface area contributed by atoms with Gasteiger partial charge in [0.05, 0.1) is 6.07 Å². The molecule has 0 N–H and O–H groups in total. The van der Waals surface area contributed by atoms with Crippen LogP contribution >= 0.6 is 15.9 Å². The molecule has 41 heavy (non-hydrogen) atoms. The molecule has 0 fully saturated rings. The summed E-state index contributed by atoms with van der Waals surface area (Å²) in [6.45, 7) is 0.998. The minimum atomic E-state index is 0. The van der Waals surface area contributed by atoms with E-state index in [1.165, 1.54) is 28.1 Å². The topological polar surface area (TPSA) is 34.1 Å². The maximum Gasteiger partial charge on any atom is 0.213 e. The Balaban J connectivity index is 0.00000462. The molecule has 1 aromatic heterocycles. The number of pyridine rings is 1. The molecule has 0 bridgehead atoms. The van der Waals surface area contributed by atoms with Crippen LogP contribution in [-0.4, -0.2) is 27.7 Å². The Morgan fingerprint density at radius 3 is 2.02 bits per heavy atom. The number of unbranched alkanes of at least 4 members (excludes halogenated alkanes) is 3. The fourth-order valence-corrected chi connectivity index (χ4v) is 5.00. The van der Waals surface area contributed by atoms with Crippen molar-refractivity contribution >= 4 is 39.5 Å². The lowest BCUT2D eigenvalue weighted by Gasteiger charge is -2.19. The summed E-state index contributed by atoms with van der Waals surface area (Å²) in [6, 6.07) is 32.7. The van der Waals surface area contributed by atoms with Gasteiger partial charge >= 0.3 is 0 Å². The third-order valence-electron chi connectivity index (χ3n) is 7.26. The number of hydrogen-bond acceptors (Lipinski definition) is 3. The Labute approximate surface area is 271 Å². The average molecular weight is 722 g/mol. The minimum absolute atomic E-state index is 0. The summed E-state index contributed by atoms with van der Waals surface area (Å²) < 4.78 is 3.33. The highest BCUT2D eigenvalue weighted by atomic mass is 127. The predicted octanol–water partition coefficient (Wildman–Crippen LogP) is 5.37. The zero-order valence-corrected chi connectivity index (χ0v) is 28.1. The van der Waals surface area contributed by atoms with Crippen LogP contribution in [0, 0.1) is 11.3 Å². The Kier molecular flexibility index (Phi) is 12.4. The van der Waals surface area contributed by atoms with Crippen LogP contribution in [0.25, 0.3) is 34.5 Å². The monoisotopic (exact) mass is 720 g/mol. The largest absolute Gasteiger partial charge is 1.00 e. The molecule has 0 radical (unpaired) electrons. The Bertz CT molecular complexity index is 1470. The van der Waals surface area contributed by atoms with E-state index in [9.17, 15) is 0 Å². The lowest BCUT2D eigenvalue weighted by Crippen LogP contribution is -3.00. The summed E-state index contributed by atoms with van der Waals surface area (Å²) in [5, 5.41) is 8.71. The molecule has 212 valence electrons. The van der Waals surface area contributed by atoms with Gasteiger partial charge in [-0.3, -0.25) is 0 Å². The standard InChI is InChI=1S/C35H38BrN4.HI/c1-38(2)32-21-14-28(15-22-32)30-25-34(40(4)35(26-30)29-12-16-31(36)17-13-29)20-11-27-9-18-33(19-10-27)39(3)24-8-6-5-7-23-37;/h9-22,25-26H,5-8,24H2,1-4H3;1H/q+1;/p-1. The third-order valence-corrected chi connectivity index (χ3v) is 7.79. The van der Waals surface area contributed by atoms with Crippen molar-refractivity contribution in [3.8, 4) is 28.5 Å². The molecule has 0 saturated carbocycles. The van der Waals surface area contributed by atoms with Crippen LogP contribution in [0.15, 0.2) is 89.4 Å². The highest BCUT2D eigenvalue weighted by Gasteiger charge is 2.17. The molecule has 0 amide bonds. The van der Waals surface area contributed by atoms with Gasteiger partial charge in [-0.2, -0.15) is 9.83 Å². The van der Waals surface area contributed by atoms with Crippen LogP contribution in [0.3, 0.4) is 0 Å². The lowest BCUT2D eigenvalue weighted by molar-refractivity contribution is -0.662. The molecule has 4 aromatic rings. The number of hydrogen-bond donors (Lipinski definition) is 0. The molecule has 4 nitrogen and oxygen atoms in total. The summed E-state index contributed by atoms with van der Waals surface area (Å²) in [5.41, 5.74) is 9.41. The van der Waals surface area contributed by atoms with Crippen molar-refractivity contribution in [2.75, 3.05) is 37.5 Å². The zero-order chi connectivity index (χ0) is 28.5. The van der Waals surface area contributed by atoms with Gasteiger partial charge in [0, 0.05) is 73.7 Å². The molecule has 3 aromatic carbocycles. The fourth-order valence-electron chi connectivity index (χ4n) is 4.74. The summed E-state index contributed by atoms with van der Waals surface area (Å²) in [4.78, 5) is 4.41. The summed E-state index contributed by atoms with van der Waals surface area (Å²) in [5.74, 6) is 0. The molecule has 0 spiro atoms. The van der Waals surface area contributed by atoms with Gasteiger partial charge in [0.15, 0.2) is 0 Å². The first-order valence-electron chi connectivity index (χ1n) is 13.8. The first-order valence-corrected chi connectivity index (χ1v) is 14.6. The van der Waals surface area contributed by atoms with Crippen LogP contribution in [0.2, 0.25) is 0 Å². The van der Waals surface area contributed by atoms with Crippen LogP contribution in [0.5, 0.6) is 0 Å². The quantitative estimate of drug-likeness (QED) is 0.119. The van der Waals surface area contributed by atoms with Crippen LogP contribution in [0.1, 0.15) is 36.9 Å². The van der Waals surface area contributed by atoms with Crippen LogP contribution in [-0.2, 0) is 7.05 Å². The van der Waals surface area contributed by atoms with E-state index >= 15 is 0 Å². The smallest absolute Gasteiger partial charge is 0.213 e. The lowest BCUT2D eigenvalue weighted by atomic mass is 10.0. The number of rotatable bonds is 11. The highest BCUT2D eigenvalue weighted by molar-refractivity contribution is 9.10. The first-order chi connectivity index (χ1) is 19.4. The molecule has 1 heterocycles. The third kappa shape index (κ3) is 8.92. The van der Waals surface area contributed by atoms with Gasteiger partial charge in [0.2, 0.25) is 11.4 Å². The van der Waals surface area contributed by atoms with Crippen LogP contribution in [0.4, 0.5) is 11.4 Å². The van der Waals surface area contributed by atoms with Crippen molar-refractivity contribution in [1.82, 2.24) is 0 Å². The van der Waals surface area contributed by atoms with Gasteiger partial charge in [-0.1, -0.05) is 46.6 Å². The van der Waals surface area contributed by atoms with E-state index in [2.05, 4.69) is 162 Å². The van der Waals surface area contributed by atoms with Gasteiger partial charge in [-0.25, -0.2) is 0 Å². The van der Waals surface area contributed by atoms with Crippen molar-refractivity contribution in [2.45, 2.75) is 25.7 Å². The second kappa shape index (κ2) is 15.7. The number of anilines is 2. The molecule has 6 heteroatoms. The maximum atomic E-state index is 8.71. The highest BCUT2D eigenvalue weighted by Crippen LogP contribution is 2.28. The zero-order valence-electron chi connectivity index (χ0n) is 24.3. The van der Waals surface area contributed by atoms with Gasteiger partial charge in [-0.05, 0) is 84.1 Å². The first kappa shape index (κ1) is 32.4. The molecule has 0 aliphatic rings. The molecular weight excluding hydrogens is 683 g/mol. The summed E-state index contributed by atoms with van der Waals surface area (Å²) >= 11 is 3.57. The average Bonchev–Trinajstić information content (AvgIpc) is 2.97. The van der Waals surface area contributed by atoms with Gasteiger partial charge in [0.25, 0.3) is 0 Å². The van der Waals surface area contributed by atoms with Gasteiger partial charge in [-0.15, -0.1) is 0 Å². The second-order valence-corrected chi connectivity index (χ2v) is 11.3. The normalized spacial score (nSPS) is 10.7. The van der Waals surface area contributed by atoms with E-state index in [0.29, 0.717) is 6.42 Å². The number of nitriles is 1. The van der Waals surface area contributed by atoms with Crippen molar-refractivity contribution in [2.24, 2.45) is 7.05 Å². The van der Waals surface area contributed by atoms with Gasteiger partial charge < -0.3 is 33.8 Å². The minimum Gasteiger partial charge on any atom is -1.00 e. The number of nitrogens with zero attached hydrogens (tertiary/aromatic N) is 4. The SMILES string of the molecule is CN(C)c1ccc(-c2cc(C=Cc3ccc(N(C)CCCCCC#N)cc3)[n+](C)c(-c3ccc(Br)cc3)c2)cc1.[I-]. The van der Waals surface area contributed by atoms with Crippen molar-refractivity contribution in [3.05, 3.63) is 101 Å². The Morgan fingerprint density at radius 1 is 0.756 bits per heavy atom. The summed E-state index contributed by atoms with van der Waals surface area (Å²) in [7, 11) is 8.39. The van der Waals surface area contributed by atoms with Crippen LogP contribution < -0.4 is 38.3 Å². The Morgan fingerprint density at radius 2 is 1.39 bits per heavy atom. The Hall–Kier alpha value is -3.15. The fraction of sp³-hybridized carbons (Fsp3) is 0.257. The summed E-state index contributed by atoms with van der Waals surface area (Å²) in [6.07, 6.45) is 8.22. The predicted molar refractivity (Wildman–Crippen MR) is 173 cm³/mol. The van der Waals surface area contributed by atoms with Crippen molar-refractivity contribution < 1.29 is 28.5 Å². The molecule has 0 saturated heterocycles. The van der Waals surface area contributed by atoms with E-state index < -0.39 is 0 Å². The van der Waals surface area contributed by atoms with Gasteiger partial charge in [0.1, 0.15) is 7.05 Å². The molecule has 0 aliphatic carbocycles. The molecule has 0 unspecified atom stereocenters. The van der Waals surface area contributed by atoms with E-state index in [0.717, 1.165) is 47.2 Å². The number of halogens is 2. The second-order valence-electron chi connectivity index (χ2n) is 10.4. The molecular formula is C35H38BrIN4. The number of aromatic nitrogens is 1. The molecule has 4 rings (SSSR count).